The van der Waals surface area contributed by atoms with Gasteiger partial charge in [0.05, 0.1) is 0 Å². The van der Waals surface area contributed by atoms with E-state index in [4.69, 9.17) is 0 Å². The molecule has 1 heteroatoms. The molecular formula is C19H28O. The summed E-state index contributed by atoms with van der Waals surface area (Å²) in [7, 11) is 0. The summed E-state index contributed by atoms with van der Waals surface area (Å²) in [5.74, 6) is 0. The first-order chi connectivity index (χ1) is 9.86. The summed E-state index contributed by atoms with van der Waals surface area (Å²) in [6, 6.07) is 10.2. The third-order valence-corrected chi connectivity index (χ3v) is 2.86. The van der Waals surface area contributed by atoms with E-state index in [0.29, 0.717) is 0 Å². The molecule has 0 heterocycles. The zero-order chi connectivity index (χ0) is 15.1. The number of unbranched alkanes of at least 4 members (excludes halogenated alkanes) is 3. The molecule has 1 nitrogen and oxygen atoms in total. The lowest BCUT2D eigenvalue weighted by Crippen LogP contribution is -1.83. The number of rotatable bonds is 8. The van der Waals surface area contributed by atoms with Crippen molar-refractivity contribution in [2.45, 2.75) is 52.9 Å². The Balaban J connectivity index is 0.00000172. The highest BCUT2D eigenvalue weighted by atomic mass is 16.1. The number of carbonyl (C=O) groups excluding carboxylic acids is 1. The minimum atomic E-state index is 0.838. The summed E-state index contributed by atoms with van der Waals surface area (Å²) >= 11 is 0. The summed E-state index contributed by atoms with van der Waals surface area (Å²) in [5.41, 5.74) is 2.42. The molecule has 0 aliphatic carbocycles. The number of allylic oxidation sites excluding steroid dienone is 3. The van der Waals surface area contributed by atoms with E-state index in [1.165, 1.54) is 36.8 Å². The van der Waals surface area contributed by atoms with E-state index < -0.39 is 0 Å². The van der Waals surface area contributed by atoms with Gasteiger partial charge in [0, 0.05) is 0 Å². The monoisotopic (exact) mass is 272 g/mol. The van der Waals surface area contributed by atoms with Gasteiger partial charge in [-0.25, -0.2) is 0 Å². The second-order valence-corrected chi connectivity index (χ2v) is 4.44. The zero-order valence-corrected chi connectivity index (χ0v) is 13.1. The normalized spacial score (nSPS) is 11.1. The Morgan fingerprint density at radius 2 is 1.75 bits per heavy atom. The molecule has 0 unspecified atom stereocenters. The quantitative estimate of drug-likeness (QED) is 0.252. The smallest absolute Gasteiger partial charge is 0.142 e. The Labute approximate surface area is 124 Å². The van der Waals surface area contributed by atoms with Crippen LogP contribution in [0.5, 0.6) is 0 Å². The Morgan fingerprint density at radius 1 is 1.05 bits per heavy atom. The fourth-order valence-corrected chi connectivity index (χ4v) is 1.89. The molecule has 0 bridgehead atoms. The molecule has 0 radical (unpaired) electrons. The average Bonchev–Trinajstić information content (AvgIpc) is 2.52. The lowest BCUT2D eigenvalue weighted by atomic mass is 10.0. The minimum Gasteiger partial charge on any atom is -0.299 e. The second-order valence-electron chi connectivity index (χ2n) is 4.44. The molecule has 0 N–H and O–H groups in total. The van der Waals surface area contributed by atoms with Gasteiger partial charge in [0.2, 0.25) is 0 Å². The molecule has 20 heavy (non-hydrogen) atoms. The molecule has 0 saturated heterocycles. The van der Waals surface area contributed by atoms with Gasteiger partial charge in [-0.05, 0) is 30.1 Å². The van der Waals surface area contributed by atoms with Gasteiger partial charge < -0.3 is 0 Å². The van der Waals surface area contributed by atoms with Crippen LogP contribution in [-0.4, -0.2) is 6.29 Å². The second kappa shape index (κ2) is 13.8. The number of hydrogen-bond acceptors (Lipinski definition) is 1. The van der Waals surface area contributed by atoms with Gasteiger partial charge in [-0.15, -0.1) is 0 Å². The van der Waals surface area contributed by atoms with Crippen molar-refractivity contribution in [3.05, 3.63) is 53.6 Å². The number of benzene rings is 1. The van der Waals surface area contributed by atoms with E-state index in [-0.39, 0.29) is 0 Å². The van der Waals surface area contributed by atoms with Gasteiger partial charge in [-0.2, -0.15) is 0 Å². The highest BCUT2D eigenvalue weighted by molar-refractivity contribution is 5.67. The molecule has 0 amide bonds. The highest BCUT2D eigenvalue weighted by Crippen LogP contribution is 2.15. The SMILES string of the molecule is CC.CCCCCCC(/C=C/C=O)=C\c1ccccc1. The Kier molecular flexibility index (Phi) is 12.7. The van der Waals surface area contributed by atoms with Gasteiger partial charge in [0.25, 0.3) is 0 Å². The van der Waals surface area contributed by atoms with Crippen molar-refractivity contribution in [2.75, 3.05) is 0 Å². The van der Waals surface area contributed by atoms with Crippen LogP contribution in [0.4, 0.5) is 0 Å². The van der Waals surface area contributed by atoms with Crippen molar-refractivity contribution in [2.24, 2.45) is 0 Å². The maximum atomic E-state index is 10.4. The van der Waals surface area contributed by atoms with E-state index in [1.807, 2.05) is 38.1 Å². The van der Waals surface area contributed by atoms with Crippen molar-refractivity contribution in [3.8, 4) is 0 Å². The van der Waals surface area contributed by atoms with Crippen LogP contribution >= 0.6 is 0 Å². The first kappa shape index (κ1) is 18.4. The largest absolute Gasteiger partial charge is 0.299 e. The molecule has 1 aromatic rings. The first-order valence-electron chi connectivity index (χ1n) is 7.74. The molecule has 0 saturated carbocycles. The average molecular weight is 272 g/mol. The predicted molar refractivity (Wildman–Crippen MR) is 89.7 cm³/mol. The van der Waals surface area contributed by atoms with Crippen molar-refractivity contribution in [1.82, 2.24) is 0 Å². The molecule has 0 fully saturated rings. The Hall–Kier alpha value is -1.63. The maximum Gasteiger partial charge on any atom is 0.142 e. The predicted octanol–water partition coefficient (Wildman–Crippen LogP) is 5.82. The molecule has 0 aromatic heterocycles. The van der Waals surface area contributed by atoms with Gasteiger partial charge in [-0.3, -0.25) is 4.79 Å². The van der Waals surface area contributed by atoms with E-state index in [9.17, 15) is 4.79 Å². The zero-order valence-electron chi connectivity index (χ0n) is 13.1. The standard InChI is InChI=1S/C17H22O.C2H6/c1-2-3-4-6-10-17(13-9-14-18)15-16-11-7-5-8-12-16;1-2/h5,7-9,11-15H,2-4,6,10H2,1H3;1-2H3/b13-9+,17-15+;. The molecule has 0 atom stereocenters. The summed E-state index contributed by atoms with van der Waals surface area (Å²) in [5, 5.41) is 0. The van der Waals surface area contributed by atoms with Crippen molar-refractivity contribution in [3.63, 3.8) is 0 Å². The van der Waals surface area contributed by atoms with Crippen LogP contribution in [-0.2, 0) is 4.79 Å². The first-order valence-corrected chi connectivity index (χ1v) is 7.74. The summed E-state index contributed by atoms with van der Waals surface area (Å²) in [6.07, 6.45) is 12.5. The van der Waals surface area contributed by atoms with Crippen LogP contribution in [0.3, 0.4) is 0 Å². The molecule has 110 valence electrons. The molecule has 1 aromatic carbocycles. The summed E-state index contributed by atoms with van der Waals surface area (Å²) < 4.78 is 0. The fourth-order valence-electron chi connectivity index (χ4n) is 1.89. The van der Waals surface area contributed by atoms with Crippen molar-refractivity contribution < 1.29 is 4.79 Å². The Bertz CT molecular complexity index is 387. The van der Waals surface area contributed by atoms with Gasteiger partial charge >= 0.3 is 0 Å². The lowest BCUT2D eigenvalue weighted by Gasteiger charge is -2.03. The van der Waals surface area contributed by atoms with Crippen LogP contribution in [0.2, 0.25) is 0 Å². The molecule has 0 aliphatic rings. The molecule has 0 aliphatic heterocycles. The lowest BCUT2D eigenvalue weighted by molar-refractivity contribution is -0.104. The maximum absolute atomic E-state index is 10.4. The van der Waals surface area contributed by atoms with Crippen LogP contribution in [0, 0.1) is 0 Å². The summed E-state index contributed by atoms with van der Waals surface area (Å²) in [4.78, 5) is 10.4. The van der Waals surface area contributed by atoms with E-state index in [0.717, 1.165) is 12.7 Å². The van der Waals surface area contributed by atoms with Crippen LogP contribution in [0.25, 0.3) is 6.08 Å². The Morgan fingerprint density at radius 3 is 2.35 bits per heavy atom. The molecule has 0 spiro atoms. The summed E-state index contributed by atoms with van der Waals surface area (Å²) in [6.45, 7) is 6.22. The van der Waals surface area contributed by atoms with Gasteiger partial charge in [0.15, 0.2) is 0 Å². The van der Waals surface area contributed by atoms with Gasteiger partial charge in [-0.1, -0.05) is 82.5 Å². The molecule has 1 rings (SSSR count). The van der Waals surface area contributed by atoms with Crippen molar-refractivity contribution in [1.29, 1.82) is 0 Å². The third-order valence-electron chi connectivity index (χ3n) is 2.86. The van der Waals surface area contributed by atoms with Crippen LogP contribution in [0.1, 0.15) is 58.4 Å². The number of carbonyl (C=O) groups is 1. The fraction of sp³-hybridized carbons (Fsp3) is 0.421. The van der Waals surface area contributed by atoms with Crippen molar-refractivity contribution >= 4 is 12.4 Å². The molecular weight excluding hydrogens is 244 g/mol. The van der Waals surface area contributed by atoms with Crippen LogP contribution < -0.4 is 0 Å². The topological polar surface area (TPSA) is 17.1 Å². The number of hydrogen-bond donors (Lipinski definition) is 0. The van der Waals surface area contributed by atoms with E-state index in [2.05, 4.69) is 25.1 Å². The highest BCUT2D eigenvalue weighted by Gasteiger charge is 1.95. The third kappa shape index (κ3) is 9.32. The number of aldehydes is 1. The van der Waals surface area contributed by atoms with E-state index >= 15 is 0 Å². The minimum absolute atomic E-state index is 0.838. The van der Waals surface area contributed by atoms with E-state index in [1.54, 1.807) is 6.08 Å². The van der Waals surface area contributed by atoms with Crippen LogP contribution in [0.15, 0.2) is 48.1 Å². The van der Waals surface area contributed by atoms with Gasteiger partial charge in [0.1, 0.15) is 6.29 Å².